The van der Waals surface area contributed by atoms with Gasteiger partial charge in [0.15, 0.2) is 0 Å². The molecule has 1 fully saturated rings. The fourth-order valence-electron chi connectivity index (χ4n) is 2.30. The molecule has 2 rings (SSSR count). The van der Waals surface area contributed by atoms with Crippen LogP contribution in [0.2, 0.25) is 0 Å². The largest absolute Gasteiger partial charge is 0.391 e. The fraction of sp³-hybridized carbons (Fsp3) is 0.667. The zero-order valence-corrected chi connectivity index (χ0v) is 12.5. The number of ether oxygens (including phenoxy) is 1. The lowest BCUT2D eigenvalue weighted by Crippen LogP contribution is -2.40. The summed E-state index contributed by atoms with van der Waals surface area (Å²) in [5.74, 6) is 0.305. The van der Waals surface area contributed by atoms with Crippen LogP contribution in [-0.4, -0.2) is 32.8 Å². The van der Waals surface area contributed by atoms with Gasteiger partial charge in [0.1, 0.15) is 0 Å². The third-order valence-electron chi connectivity index (χ3n) is 3.45. The molecule has 2 N–H and O–H groups in total. The molecule has 5 nitrogen and oxygen atoms in total. The number of thiophene rings is 1. The van der Waals surface area contributed by atoms with Crippen LogP contribution in [0.1, 0.15) is 24.6 Å². The Morgan fingerprint density at radius 2 is 2.21 bits per heavy atom. The van der Waals surface area contributed by atoms with Crippen molar-refractivity contribution in [2.45, 2.75) is 37.3 Å². The van der Waals surface area contributed by atoms with Crippen LogP contribution in [0, 0.1) is 5.92 Å². The molecule has 1 saturated heterocycles. The molecule has 108 valence electrons. The van der Waals surface area contributed by atoms with Gasteiger partial charge in [0.2, 0.25) is 10.0 Å². The molecule has 1 atom stereocenters. The second kappa shape index (κ2) is 6.32. The van der Waals surface area contributed by atoms with E-state index in [1.54, 1.807) is 5.38 Å². The van der Waals surface area contributed by atoms with Crippen LogP contribution in [0.5, 0.6) is 0 Å². The van der Waals surface area contributed by atoms with E-state index < -0.39 is 10.0 Å². The van der Waals surface area contributed by atoms with Crippen LogP contribution >= 0.6 is 11.3 Å². The summed E-state index contributed by atoms with van der Waals surface area (Å²) < 4.78 is 32.6. The molecule has 0 aromatic carbocycles. The topological polar surface area (TPSA) is 75.6 Å². The van der Waals surface area contributed by atoms with Crippen molar-refractivity contribution in [1.29, 1.82) is 0 Å². The van der Waals surface area contributed by atoms with Crippen LogP contribution in [0.3, 0.4) is 0 Å². The molecule has 1 aromatic rings. The molecule has 1 unspecified atom stereocenters. The molecule has 0 spiro atoms. The number of aliphatic hydroxyl groups excluding tert-OH is 1. The second-order valence-corrected chi connectivity index (χ2v) is 7.41. The van der Waals surface area contributed by atoms with E-state index in [1.807, 2.05) is 6.92 Å². The lowest BCUT2D eigenvalue weighted by molar-refractivity contribution is 0.0585. The number of rotatable bonds is 5. The SMILES string of the molecule is CC(NS(=O)(=O)c1ccsc1CO)C1CCOCC1. The van der Waals surface area contributed by atoms with Crippen molar-refractivity contribution in [2.24, 2.45) is 5.92 Å². The van der Waals surface area contributed by atoms with Crippen LogP contribution in [0.25, 0.3) is 0 Å². The van der Waals surface area contributed by atoms with Crippen LogP contribution < -0.4 is 4.72 Å². The lowest BCUT2D eigenvalue weighted by Gasteiger charge is -2.28. The van der Waals surface area contributed by atoms with Crippen LogP contribution in [-0.2, 0) is 21.4 Å². The maximum absolute atomic E-state index is 12.3. The third-order valence-corrected chi connectivity index (χ3v) is 6.13. The second-order valence-electron chi connectivity index (χ2n) is 4.73. The van der Waals surface area contributed by atoms with Crippen molar-refractivity contribution in [1.82, 2.24) is 4.72 Å². The quantitative estimate of drug-likeness (QED) is 0.860. The van der Waals surface area contributed by atoms with Gasteiger partial charge in [-0.3, -0.25) is 0 Å². The van der Waals surface area contributed by atoms with Gasteiger partial charge in [-0.2, -0.15) is 0 Å². The van der Waals surface area contributed by atoms with E-state index >= 15 is 0 Å². The highest BCUT2D eigenvalue weighted by atomic mass is 32.2. The van der Waals surface area contributed by atoms with Gasteiger partial charge in [-0.05, 0) is 37.1 Å². The lowest BCUT2D eigenvalue weighted by atomic mass is 9.94. The first kappa shape index (κ1) is 14.9. The first-order valence-electron chi connectivity index (χ1n) is 6.32. The molecule has 0 amide bonds. The van der Waals surface area contributed by atoms with Gasteiger partial charge < -0.3 is 9.84 Å². The Kier molecular flexibility index (Phi) is 4.97. The Hall–Kier alpha value is -0.470. The summed E-state index contributed by atoms with van der Waals surface area (Å²) >= 11 is 1.25. The molecular weight excluding hydrogens is 286 g/mol. The minimum absolute atomic E-state index is 0.125. The predicted octanol–water partition coefficient (Wildman–Crippen LogP) is 1.33. The molecule has 1 aromatic heterocycles. The molecular formula is C12H19NO4S2. The van der Waals surface area contributed by atoms with Crippen molar-refractivity contribution in [3.63, 3.8) is 0 Å². The van der Waals surface area contributed by atoms with E-state index in [1.165, 1.54) is 17.4 Å². The molecule has 0 aliphatic carbocycles. The van der Waals surface area contributed by atoms with E-state index in [9.17, 15) is 8.42 Å². The Balaban J connectivity index is 2.08. The normalized spacial score (nSPS) is 19.5. The van der Waals surface area contributed by atoms with Crippen molar-refractivity contribution >= 4 is 21.4 Å². The van der Waals surface area contributed by atoms with E-state index in [4.69, 9.17) is 9.84 Å². The first-order valence-corrected chi connectivity index (χ1v) is 8.68. The monoisotopic (exact) mass is 305 g/mol. The van der Waals surface area contributed by atoms with Gasteiger partial charge in [0.05, 0.1) is 11.5 Å². The molecule has 2 heterocycles. The number of nitrogens with one attached hydrogen (secondary N) is 1. The van der Waals surface area contributed by atoms with Gasteiger partial charge in [-0.15, -0.1) is 11.3 Å². The summed E-state index contributed by atoms with van der Waals surface area (Å²) in [6.45, 7) is 3.02. The minimum atomic E-state index is -3.55. The van der Waals surface area contributed by atoms with Crippen molar-refractivity contribution < 1.29 is 18.3 Å². The predicted molar refractivity (Wildman–Crippen MR) is 73.6 cm³/mol. The number of hydrogen-bond acceptors (Lipinski definition) is 5. The first-order chi connectivity index (χ1) is 9.04. The highest BCUT2D eigenvalue weighted by Crippen LogP contribution is 2.24. The average Bonchev–Trinajstić information content (AvgIpc) is 2.88. The van der Waals surface area contributed by atoms with Crippen molar-refractivity contribution in [2.75, 3.05) is 13.2 Å². The van der Waals surface area contributed by atoms with Crippen molar-refractivity contribution in [3.05, 3.63) is 16.3 Å². The van der Waals surface area contributed by atoms with E-state index in [2.05, 4.69) is 4.72 Å². The number of sulfonamides is 1. The summed E-state index contributed by atoms with van der Waals surface area (Å²) in [5.41, 5.74) is 0. The van der Waals surface area contributed by atoms with Crippen LogP contribution in [0.4, 0.5) is 0 Å². The van der Waals surface area contributed by atoms with Gasteiger partial charge in [0, 0.05) is 24.1 Å². The summed E-state index contributed by atoms with van der Waals surface area (Å²) in [7, 11) is -3.55. The van der Waals surface area contributed by atoms with Gasteiger partial charge in [-0.25, -0.2) is 13.1 Å². The Bertz CT molecular complexity index is 506. The highest BCUT2D eigenvalue weighted by Gasteiger charge is 2.27. The van der Waals surface area contributed by atoms with Gasteiger partial charge in [-0.1, -0.05) is 0 Å². The fourth-order valence-corrected chi connectivity index (χ4v) is 4.91. The Morgan fingerprint density at radius 3 is 2.84 bits per heavy atom. The molecule has 0 radical (unpaired) electrons. The van der Waals surface area contributed by atoms with E-state index in [-0.39, 0.29) is 17.5 Å². The van der Waals surface area contributed by atoms with Gasteiger partial charge >= 0.3 is 0 Å². The smallest absolute Gasteiger partial charge is 0.242 e. The average molecular weight is 305 g/mol. The molecule has 0 bridgehead atoms. The maximum Gasteiger partial charge on any atom is 0.242 e. The summed E-state index contributed by atoms with van der Waals surface area (Å²) in [6.07, 6.45) is 1.75. The number of aliphatic hydroxyl groups is 1. The molecule has 0 saturated carbocycles. The maximum atomic E-state index is 12.3. The van der Waals surface area contributed by atoms with E-state index in [0.717, 1.165) is 12.8 Å². The molecule has 1 aliphatic rings. The third kappa shape index (κ3) is 3.55. The summed E-state index contributed by atoms with van der Waals surface area (Å²) in [6, 6.07) is 1.41. The van der Waals surface area contributed by atoms with E-state index in [0.29, 0.717) is 24.0 Å². The minimum Gasteiger partial charge on any atom is -0.391 e. The molecule has 1 aliphatic heterocycles. The Morgan fingerprint density at radius 1 is 1.53 bits per heavy atom. The standard InChI is InChI=1S/C12H19NO4S2/c1-9(10-2-5-17-6-3-10)13-19(15,16)12-4-7-18-11(12)8-14/h4,7,9-10,13-14H,2-3,5-6,8H2,1H3. The van der Waals surface area contributed by atoms with Crippen molar-refractivity contribution in [3.8, 4) is 0 Å². The highest BCUT2D eigenvalue weighted by molar-refractivity contribution is 7.89. The zero-order chi connectivity index (χ0) is 13.9. The molecule has 7 heteroatoms. The zero-order valence-electron chi connectivity index (χ0n) is 10.8. The molecule has 19 heavy (non-hydrogen) atoms. The summed E-state index contributed by atoms with van der Waals surface area (Å²) in [5, 5.41) is 10.8. The summed E-state index contributed by atoms with van der Waals surface area (Å²) in [4.78, 5) is 0.672. The van der Waals surface area contributed by atoms with Gasteiger partial charge in [0.25, 0.3) is 0 Å². The number of hydrogen-bond donors (Lipinski definition) is 2. The Labute approximate surface area is 117 Å². The van der Waals surface area contributed by atoms with Crippen LogP contribution in [0.15, 0.2) is 16.3 Å².